The molecule has 0 aromatic carbocycles. The van der Waals surface area contributed by atoms with Gasteiger partial charge in [-0.2, -0.15) is 0 Å². The Morgan fingerprint density at radius 3 is 1.53 bits per heavy atom. The van der Waals surface area contributed by atoms with E-state index in [1.54, 1.807) is 13.8 Å². The van der Waals surface area contributed by atoms with Crippen LogP contribution in [0.25, 0.3) is 0 Å². The number of halogens is 2. The van der Waals surface area contributed by atoms with E-state index < -0.39 is 20.0 Å². The summed E-state index contributed by atoms with van der Waals surface area (Å²) < 4.78 is 22.3. The highest BCUT2D eigenvalue weighted by Gasteiger charge is 2.33. The molecule has 0 aliphatic carbocycles. The van der Waals surface area contributed by atoms with Crippen LogP contribution in [0.2, 0.25) is 0 Å². The third-order valence-electron chi connectivity index (χ3n) is 2.71. The minimum absolute atomic E-state index is 0.359. The first kappa shape index (κ1) is 19.7. The van der Waals surface area contributed by atoms with Crippen LogP contribution in [0.15, 0.2) is 0 Å². The highest BCUT2D eigenvalue weighted by molar-refractivity contribution is 7.47. The normalized spacial score (nSPS) is 21.4. The lowest BCUT2D eigenvalue weighted by atomic mass is 10.2. The van der Waals surface area contributed by atoms with Crippen LogP contribution in [0.1, 0.15) is 53.4 Å². The lowest BCUT2D eigenvalue weighted by Gasteiger charge is -2.26. The largest absolute Gasteiger partial charge is 0.472 e. The van der Waals surface area contributed by atoms with Crippen LogP contribution >= 0.6 is 31.0 Å². The van der Waals surface area contributed by atoms with Gasteiger partial charge in [-0.15, -0.1) is 23.2 Å². The fourth-order valence-electron chi connectivity index (χ4n) is 1.67. The Morgan fingerprint density at radius 1 is 1.00 bits per heavy atom. The predicted octanol–water partition coefficient (Wildman–Crippen LogP) is 4.71. The first-order valence-corrected chi connectivity index (χ1v) is 9.08. The van der Waals surface area contributed by atoms with Gasteiger partial charge < -0.3 is 4.89 Å². The van der Waals surface area contributed by atoms with Gasteiger partial charge in [-0.25, -0.2) is 4.57 Å². The number of rotatable bonds is 10. The van der Waals surface area contributed by atoms with E-state index in [4.69, 9.17) is 32.2 Å². The van der Waals surface area contributed by atoms with Crippen molar-refractivity contribution in [3.8, 4) is 0 Å². The molecule has 0 amide bonds. The van der Waals surface area contributed by atoms with Crippen molar-refractivity contribution in [2.45, 2.75) is 76.3 Å². The zero-order valence-corrected chi connectivity index (χ0v) is 14.4. The van der Waals surface area contributed by atoms with Crippen molar-refractivity contribution in [3.63, 3.8) is 0 Å². The van der Waals surface area contributed by atoms with Crippen molar-refractivity contribution in [3.05, 3.63) is 0 Å². The third kappa shape index (κ3) is 8.54. The maximum atomic E-state index is 12.0. The van der Waals surface area contributed by atoms with E-state index in [1.807, 2.05) is 13.8 Å². The van der Waals surface area contributed by atoms with E-state index in [9.17, 15) is 9.46 Å². The highest BCUT2D eigenvalue weighted by Crippen LogP contribution is 2.48. The van der Waals surface area contributed by atoms with Crippen LogP contribution in [-0.4, -0.2) is 27.9 Å². The van der Waals surface area contributed by atoms with Crippen molar-refractivity contribution in [1.82, 2.24) is 0 Å². The summed E-state index contributed by atoms with van der Waals surface area (Å²) in [5.74, 6) is 0. The van der Waals surface area contributed by atoms with E-state index in [2.05, 4.69) is 0 Å². The molecule has 1 N–H and O–H groups in total. The Morgan fingerprint density at radius 2 is 1.32 bits per heavy atom. The Labute approximate surface area is 126 Å². The van der Waals surface area contributed by atoms with Crippen molar-refractivity contribution in [2.24, 2.45) is 0 Å². The molecule has 4 unspecified atom stereocenters. The van der Waals surface area contributed by atoms with Crippen LogP contribution in [0.4, 0.5) is 0 Å². The van der Waals surface area contributed by atoms with E-state index >= 15 is 0 Å². The molecule has 0 heterocycles. The fraction of sp³-hybridized carbons (Fsp3) is 1.00. The second-order valence-corrected chi connectivity index (χ2v) is 7.42. The standard InChI is InChI=1S/C12H25Cl2O4P/c1-5-7-11(9(3)13)17-19(15,16)18-12(8-6-2)10(4)14/h9-12H,5-8H2,1-4H3,(H,15,16). The molecule has 0 aliphatic heterocycles. The zero-order chi connectivity index (χ0) is 15.1. The molecule has 19 heavy (non-hydrogen) atoms. The van der Waals surface area contributed by atoms with Gasteiger partial charge in [0.1, 0.15) is 0 Å². The van der Waals surface area contributed by atoms with Crippen molar-refractivity contribution >= 4 is 31.0 Å². The van der Waals surface area contributed by atoms with Gasteiger partial charge in [-0.05, 0) is 26.7 Å². The minimum atomic E-state index is -4.14. The van der Waals surface area contributed by atoms with Gasteiger partial charge in [0.15, 0.2) is 0 Å². The summed E-state index contributed by atoms with van der Waals surface area (Å²) in [5.41, 5.74) is 0. The molecule has 116 valence electrons. The van der Waals surface area contributed by atoms with Crippen LogP contribution in [0.3, 0.4) is 0 Å². The Balaban J connectivity index is 4.62. The second kappa shape index (κ2) is 9.59. The first-order valence-electron chi connectivity index (χ1n) is 6.71. The molecule has 0 saturated carbocycles. The van der Waals surface area contributed by atoms with Gasteiger partial charge >= 0.3 is 7.82 Å². The van der Waals surface area contributed by atoms with Gasteiger partial charge in [-0.3, -0.25) is 9.05 Å². The summed E-state index contributed by atoms with van der Waals surface area (Å²) in [6.45, 7) is 7.38. The number of hydrogen-bond donors (Lipinski definition) is 1. The lowest BCUT2D eigenvalue weighted by Crippen LogP contribution is -2.25. The van der Waals surface area contributed by atoms with E-state index in [-0.39, 0.29) is 10.8 Å². The van der Waals surface area contributed by atoms with Gasteiger partial charge in [0.2, 0.25) is 0 Å². The summed E-state index contributed by atoms with van der Waals surface area (Å²) in [6, 6.07) is 0. The summed E-state index contributed by atoms with van der Waals surface area (Å²) in [7, 11) is -4.14. The average molecular weight is 335 g/mol. The van der Waals surface area contributed by atoms with Gasteiger partial charge in [0.05, 0.1) is 23.0 Å². The molecule has 4 atom stereocenters. The molecule has 7 heteroatoms. The summed E-state index contributed by atoms with van der Waals surface area (Å²) >= 11 is 11.9. The number of phosphoric ester groups is 1. The maximum Gasteiger partial charge on any atom is 0.472 e. The monoisotopic (exact) mass is 334 g/mol. The van der Waals surface area contributed by atoms with Gasteiger partial charge in [0.25, 0.3) is 0 Å². The van der Waals surface area contributed by atoms with E-state index in [0.29, 0.717) is 12.8 Å². The smallest absolute Gasteiger partial charge is 0.302 e. The molecule has 4 nitrogen and oxygen atoms in total. The number of hydrogen-bond acceptors (Lipinski definition) is 3. The molecule has 0 rings (SSSR count). The Hall–Kier alpha value is 0.690. The van der Waals surface area contributed by atoms with Crippen molar-refractivity contribution < 1.29 is 18.5 Å². The molecule has 0 aromatic heterocycles. The third-order valence-corrected chi connectivity index (χ3v) is 4.34. The minimum Gasteiger partial charge on any atom is -0.302 e. The van der Waals surface area contributed by atoms with Crippen LogP contribution < -0.4 is 0 Å². The maximum absolute atomic E-state index is 12.0. The summed E-state index contributed by atoms with van der Waals surface area (Å²) in [4.78, 5) is 9.80. The van der Waals surface area contributed by atoms with Crippen molar-refractivity contribution in [1.29, 1.82) is 0 Å². The van der Waals surface area contributed by atoms with E-state index in [1.165, 1.54) is 0 Å². The number of phosphoric acid groups is 1. The van der Waals surface area contributed by atoms with Gasteiger partial charge in [0, 0.05) is 0 Å². The second-order valence-electron chi connectivity index (χ2n) is 4.69. The highest BCUT2D eigenvalue weighted by atomic mass is 35.5. The predicted molar refractivity (Wildman–Crippen MR) is 80.0 cm³/mol. The number of alkyl halides is 2. The van der Waals surface area contributed by atoms with Crippen molar-refractivity contribution in [2.75, 3.05) is 0 Å². The zero-order valence-electron chi connectivity index (χ0n) is 12.0. The molecular formula is C12H25Cl2O4P. The van der Waals surface area contributed by atoms with Crippen LogP contribution in [-0.2, 0) is 13.6 Å². The summed E-state index contributed by atoms with van der Waals surface area (Å²) in [6.07, 6.45) is 1.82. The quantitative estimate of drug-likeness (QED) is 0.464. The SMILES string of the molecule is CCCC(OP(=O)(O)OC(CCC)C(C)Cl)C(C)Cl. The average Bonchev–Trinajstić information content (AvgIpc) is 2.27. The molecule has 0 spiro atoms. The van der Waals surface area contributed by atoms with Crippen LogP contribution in [0, 0.1) is 0 Å². The van der Waals surface area contributed by atoms with Crippen LogP contribution in [0.5, 0.6) is 0 Å². The first-order chi connectivity index (χ1) is 8.73. The lowest BCUT2D eigenvalue weighted by molar-refractivity contribution is 0.0665. The topological polar surface area (TPSA) is 55.8 Å². The molecule has 0 aliphatic rings. The van der Waals surface area contributed by atoms with E-state index in [0.717, 1.165) is 12.8 Å². The molecule has 0 saturated heterocycles. The molecule has 0 fully saturated rings. The molecular weight excluding hydrogens is 310 g/mol. The molecule has 0 bridgehead atoms. The molecule has 0 radical (unpaired) electrons. The Bertz CT molecular complexity index is 263. The fourth-order valence-corrected chi connectivity index (χ4v) is 3.48. The molecule has 0 aromatic rings. The Kier molecular flexibility index (Phi) is 9.94. The van der Waals surface area contributed by atoms with Gasteiger partial charge in [-0.1, -0.05) is 26.7 Å². The summed E-state index contributed by atoms with van der Waals surface area (Å²) in [5, 5.41) is -0.718.